The van der Waals surface area contributed by atoms with Gasteiger partial charge in [0.15, 0.2) is 5.69 Å². The minimum absolute atomic E-state index is 0.362. The molecule has 0 saturated carbocycles. The summed E-state index contributed by atoms with van der Waals surface area (Å²) in [5.74, 6) is 0.668. The van der Waals surface area contributed by atoms with Gasteiger partial charge in [0.2, 0.25) is 0 Å². The fourth-order valence-electron chi connectivity index (χ4n) is 1.39. The first-order chi connectivity index (χ1) is 7.24. The Morgan fingerprint density at radius 3 is 2.87 bits per heavy atom. The molecule has 2 rings (SSSR count). The number of nitrogens with zero attached hydrogens (tertiary/aromatic N) is 2. The minimum Gasteiger partial charge on any atom is -0.496 e. The van der Waals surface area contributed by atoms with Crippen molar-refractivity contribution >= 4 is 28.2 Å². The summed E-state index contributed by atoms with van der Waals surface area (Å²) in [6.45, 7) is 6.90. The Bertz CT molecular complexity index is 560. The molecule has 0 spiro atoms. The molecule has 0 radical (unpaired) electrons. The lowest BCUT2D eigenvalue weighted by atomic mass is 10.2. The minimum atomic E-state index is 0.362. The van der Waals surface area contributed by atoms with Crippen molar-refractivity contribution < 1.29 is 4.74 Å². The molecule has 0 saturated heterocycles. The standard InChI is InChI=1S/C11H7ClN2O/c1-13-7-3-4-8-9(5-7)14-11(12)6-10(8)15-2/h3-6H,2H3. The van der Waals surface area contributed by atoms with Crippen LogP contribution in [0.25, 0.3) is 15.7 Å². The van der Waals surface area contributed by atoms with Gasteiger partial charge in [0.05, 0.1) is 19.2 Å². The first kappa shape index (κ1) is 9.75. The molecule has 1 heterocycles. The lowest BCUT2D eigenvalue weighted by Gasteiger charge is -2.05. The van der Waals surface area contributed by atoms with E-state index in [1.54, 1.807) is 25.3 Å². The third-order valence-electron chi connectivity index (χ3n) is 2.07. The molecule has 0 aliphatic heterocycles. The Morgan fingerprint density at radius 2 is 2.20 bits per heavy atom. The highest BCUT2D eigenvalue weighted by Crippen LogP contribution is 2.29. The molecular weight excluding hydrogens is 212 g/mol. The molecule has 74 valence electrons. The Balaban J connectivity index is 2.79. The third-order valence-corrected chi connectivity index (χ3v) is 2.27. The maximum atomic E-state index is 6.90. The number of fused-ring (bicyclic) bond motifs is 1. The summed E-state index contributed by atoms with van der Waals surface area (Å²) < 4.78 is 5.18. The topological polar surface area (TPSA) is 26.5 Å². The SMILES string of the molecule is [C-]#[N+]c1ccc2c(OC)cc(Cl)nc2c1. The number of ether oxygens (including phenoxy) is 1. The van der Waals surface area contributed by atoms with E-state index in [9.17, 15) is 0 Å². The number of rotatable bonds is 1. The lowest BCUT2D eigenvalue weighted by molar-refractivity contribution is 0.419. The molecular formula is C11H7ClN2O. The van der Waals surface area contributed by atoms with Crippen LogP contribution in [0.15, 0.2) is 24.3 Å². The maximum absolute atomic E-state index is 6.90. The Hall–Kier alpha value is -1.79. The molecule has 0 bridgehead atoms. The molecule has 0 atom stereocenters. The van der Waals surface area contributed by atoms with Crippen molar-refractivity contribution in [2.75, 3.05) is 7.11 Å². The van der Waals surface area contributed by atoms with E-state index in [4.69, 9.17) is 22.9 Å². The quantitative estimate of drug-likeness (QED) is 0.541. The van der Waals surface area contributed by atoms with Crippen molar-refractivity contribution in [3.05, 3.63) is 40.8 Å². The van der Waals surface area contributed by atoms with Crippen LogP contribution in [-0.2, 0) is 0 Å². The Labute approximate surface area is 92.1 Å². The van der Waals surface area contributed by atoms with Gasteiger partial charge in [-0.25, -0.2) is 9.83 Å². The van der Waals surface area contributed by atoms with E-state index in [1.165, 1.54) is 0 Å². The molecule has 0 unspecified atom stereocenters. The number of aromatic nitrogens is 1. The van der Waals surface area contributed by atoms with Crippen LogP contribution in [0.3, 0.4) is 0 Å². The zero-order chi connectivity index (χ0) is 10.8. The van der Waals surface area contributed by atoms with Crippen molar-refractivity contribution in [1.29, 1.82) is 0 Å². The molecule has 0 amide bonds. The van der Waals surface area contributed by atoms with E-state index in [0.717, 1.165) is 5.39 Å². The van der Waals surface area contributed by atoms with E-state index >= 15 is 0 Å². The molecule has 1 aromatic carbocycles. The second-order valence-corrected chi connectivity index (χ2v) is 3.35. The van der Waals surface area contributed by atoms with Crippen LogP contribution in [0.4, 0.5) is 5.69 Å². The number of halogens is 1. The molecule has 15 heavy (non-hydrogen) atoms. The van der Waals surface area contributed by atoms with Crippen LogP contribution in [0.2, 0.25) is 5.15 Å². The van der Waals surface area contributed by atoms with Gasteiger partial charge in [0.1, 0.15) is 10.9 Å². The Kier molecular flexibility index (Phi) is 2.44. The maximum Gasteiger partial charge on any atom is 0.189 e. The fourth-order valence-corrected chi connectivity index (χ4v) is 1.58. The lowest BCUT2D eigenvalue weighted by Crippen LogP contribution is -1.87. The number of benzene rings is 1. The zero-order valence-corrected chi connectivity index (χ0v) is 8.75. The Morgan fingerprint density at radius 1 is 1.40 bits per heavy atom. The van der Waals surface area contributed by atoms with Crippen LogP contribution in [-0.4, -0.2) is 12.1 Å². The van der Waals surface area contributed by atoms with Crippen LogP contribution >= 0.6 is 11.6 Å². The van der Waals surface area contributed by atoms with Crippen LogP contribution in [0, 0.1) is 6.57 Å². The summed E-state index contributed by atoms with van der Waals surface area (Å²) >= 11 is 5.83. The fraction of sp³-hybridized carbons (Fsp3) is 0.0909. The van der Waals surface area contributed by atoms with Crippen LogP contribution in [0.5, 0.6) is 5.75 Å². The van der Waals surface area contributed by atoms with Crippen LogP contribution < -0.4 is 4.74 Å². The van der Waals surface area contributed by atoms with E-state index in [0.29, 0.717) is 22.1 Å². The highest BCUT2D eigenvalue weighted by Gasteiger charge is 2.05. The molecule has 4 heteroatoms. The average molecular weight is 219 g/mol. The monoisotopic (exact) mass is 218 g/mol. The zero-order valence-electron chi connectivity index (χ0n) is 7.99. The molecule has 0 fully saturated rings. The highest BCUT2D eigenvalue weighted by atomic mass is 35.5. The van der Waals surface area contributed by atoms with Gasteiger partial charge < -0.3 is 4.74 Å². The van der Waals surface area contributed by atoms with Gasteiger partial charge in [-0.3, -0.25) is 0 Å². The van der Waals surface area contributed by atoms with E-state index in [2.05, 4.69) is 9.83 Å². The molecule has 2 aromatic rings. The van der Waals surface area contributed by atoms with Gasteiger partial charge in [-0.15, -0.1) is 0 Å². The molecule has 0 N–H and O–H groups in total. The number of hydrogen-bond acceptors (Lipinski definition) is 2. The summed E-state index contributed by atoms with van der Waals surface area (Å²) in [5, 5.41) is 1.22. The van der Waals surface area contributed by atoms with E-state index < -0.39 is 0 Å². The summed E-state index contributed by atoms with van der Waals surface area (Å²) in [5.41, 5.74) is 1.21. The molecule has 0 aliphatic rings. The number of methoxy groups -OCH3 is 1. The van der Waals surface area contributed by atoms with E-state index in [1.807, 2.05) is 6.07 Å². The van der Waals surface area contributed by atoms with Crippen molar-refractivity contribution in [1.82, 2.24) is 4.98 Å². The first-order valence-corrected chi connectivity index (χ1v) is 4.64. The molecule has 3 nitrogen and oxygen atoms in total. The van der Waals surface area contributed by atoms with Gasteiger partial charge in [0, 0.05) is 11.5 Å². The van der Waals surface area contributed by atoms with Gasteiger partial charge in [-0.05, 0) is 6.07 Å². The normalized spacial score (nSPS) is 9.93. The third kappa shape index (κ3) is 1.72. The predicted octanol–water partition coefficient (Wildman–Crippen LogP) is 3.45. The summed E-state index contributed by atoms with van der Waals surface area (Å²) in [6, 6.07) is 6.89. The second-order valence-electron chi connectivity index (χ2n) is 2.96. The van der Waals surface area contributed by atoms with Crippen molar-refractivity contribution in [3.8, 4) is 5.75 Å². The summed E-state index contributed by atoms with van der Waals surface area (Å²) in [4.78, 5) is 7.47. The van der Waals surface area contributed by atoms with Crippen molar-refractivity contribution in [2.45, 2.75) is 0 Å². The largest absolute Gasteiger partial charge is 0.496 e. The van der Waals surface area contributed by atoms with E-state index in [-0.39, 0.29) is 0 Å². The van der Waals surface area contributed by atoms with Gasteiger partial charge in [0.25, 0.3) is 0 Å². The first-order valence-electron chi connectivity index (χ1n) is 4.26. The molecule has 0 aliphatic carbocycles. The second kappa shape index (κ2) is 3.76. The van der Waals surface area contributed by atoms with Crippen LogP contribution in [0.1, 0.15) is 0 Å². The highest BCUT2D eigenvalue weighted by molar-refractivity contribution is 6.30. The van der Waals surface area contributed by atoms with Gasteiger partial charge >= 0.3 is 0 Å². The predicted molar refractivity (Wildman–Crippen MR) is 59.6 cm³/mol. The van der Waals surface area contributed by atoms with Crippen molar-refractivity contribution in [2.24, 2.45) is 0 Å². The van der Waals surface area contributed by atoms with Crippen molar-refractivity contribution in [3.63, 3.8) is 0 Å². The molecule has 1 aromatic heterocycles. The number of hydrogen-bond donors (Lipinski definition) is 0. The number of pyridine rings is 1. The summed E-state index contributed by atoms with van der Waals surface area (Å²) in [7, 11) is 1.58. The van der Waals surface area contributed by atoms with Gasteiger partial charge in [-0.1, -0.05) is 23.7 Å². The summed E-state index contributed by atoms with van der Waals surface area (Å²) in [6.07, 6.45) is 0. The smallest absolute Gasteiger partial charge is 0.189 e. The average Bonchev–Trinajstić information content (AvgIpc) is 2.26. The van der Waals surface area contributed by atoms with Gasteiger partial charge in [-0.2, -0.15) is 0 Å².